The van der Waals surface area contributed by atoms with Crippen LogP contribution in [0.3, 0.4) is 0 Å². The van der Waals surface area contributed by atoms with Crippen LogP contribution in [0, 0.1) is 0 Å². The molecule has 0 atom stereocenters. The molecule has 2 rings (SSSR count). The lowest BCUT2D eigenvalue weighted by Gasteiger charge is -2.09. The van der Waals surface area contributed by atoms with E-state index >= 15 is 0 Å². The van der Waals surface area contributed by atoms with Gasteiger partial charge in [0.15, 0.2) is 5.69 Å². The highest BCUT2D eigenvalue weighted by atomic mass is 32.2. The molecule has 1 aromatic carbocycles. The number of alkyl halides is 3. The molecule has 0 aliphatic rings. The smallest absolute Gasteiger partial charge is 0.435 e. The Labute approximate surface area is 170 Å². The molecule has 1 amide bonds. The van der Waals surface area contributed by atoms with Gasteiger partial charge in [-0.25, -0.2) is 17.8 Å². The molecule has 162 valence electrons. The van der Waals surface area contributed by atoms with Crippen molar-refractivity contribution in [1.29, 1.82) is 0 Å². The monoisotopic (exact) mass is 445 g/mol. The number of sulfonamides is 1. The maximum atomic E-state index is 13.0. The second-order valence-corrected chi connectivity index (χ2v) is 7.77. The lowest BCUT2D eigenvalue weighted by molar-refractivity contribution is -0.141. The van der Waals surface area contributed by atoms with Crippen molar-refractivity contribution in [3.05, 3.63) is 47.8 Å². The fraction of sp³-hybridized carbons (Fsp3) is 0.278. The summed E-state index contributed by atoms with van der Waals surface area (Å²) >= 11 is 0. The number of hydrogen-bond donors (Lipinski definition) is 2. The van der Waals surface area contributed by atoms with Crippen LogP contribution in [0.2, 0.25) is 0 Å². The molecular formula is C18H18F3N3O5S. The van der Waals surface area contributed by atoms with E-state index < -0.39 is 46.6 Å². The third-order valence-electron chi connectivity index (χ3n) is 3.76. The molecule has 0 aliphatic heterocycles. The lowest BCUT2D eigenvalue weighted by atomic mass is 10.2. The number of nitrogens with zero attached hydrogens (tertiary/aromatic N) is 2. The van der Waals surface area contributed by atoms with Crippen LogP contribution in [-0.2, 0) is 25.8 Å². The maximum absolute atomic E-state index is 13.0. The van der Waals surface area contributed by atoms with Gasteiger partial charge < -0.3 is 5.11 Å². The van der Waals surface area contributed by atoms with Crippen molar-refractivity contribution in [2.75, 3.05) is 0 Å². The Kier molecular flexibility index (Phi) is 7.03. The number of carbonyl (C=O) groups excluding carboxylic acids is 1. The first-order valence-electron chi connectivity index (χ1n) is 8.65. The Morgan fingerprint density at radius 3 is 2.37 bits per heavy atom. The van der Waals surface area contributed by atoms with Crippen LogP contribution in [0.4, 0.5) is 13.2 Å². The molecule has 0 spiro atoms. The molecular weight excluding hydrogens is 427 g/mol. The Morgan fingerprint density at radius 1 is 1.20 bits per heavy atom. The lowest BCUT2D eigenvalue weighted by Crippen LogP contribution is -2.30. The van der Waals surface area contributed by atoms with Crippen molar-refractivity contribution < 1.29 is 36.3 Å². The first-order chi connectivity index (χ1) is 13.9. The van der Waals surface area contributed by atoms with Gasteiger partial charge in [0.25, 0.3) is 10.0 Å². The topological polar surface area (TPSA) is 118 Å². The minimum absolute atomic E-state index is 0.154. The van der Waals surface area contributed by atoms with Gasteiger partial charge in [-0.2, -0.15) is 18.3 Å². The number of carbonyl (C=O) groups is 2. The Morgan fingerprint density at radius 2 is 1.83 bits per heavy atom. The first kappa shape index (κ1) is 23.1. The van der Waals surface area contributed by atoms with Crippen LogP contribution in [-0.4, -0.2) is 35.2 Å². The van der Waals surface area contributed by atoms with E-state index in [1.807, 2.05) is 6.92 Å². The summed E-state index contributed by atoms with van der Waals surface area (Å²) in [6.45, 7) is 1.81. The van der Waals surface area contributed by atoms with E-state index in [4.69, 9.17) is 5.11 Å². The van der Waals surface area contributed by atoms with Crippen LogP contribution in [0.15, 0.2) is 41.3 Å². The number of hydrogen-bond acceptors (Lipinski definition) is 5. The van der Waals surface area contributed by atoms with Crippen molar-refractivity contribution in [3.8, 4) is 5.69 Å². The summed E-state index contributed by atoms with van der Waals surface area (Å²) in [6.07, 6.45) is -1.99. The predicted molar refractivity (Wildman–Crippen MR) is 100 cm³/mol. The molecule has 0 bridgehead atoms. The Balaban J connectivity index is 2.31. The molecule has 30 heavy (non-hydrogen) atoms. The molecule has 0 unspecified atom stereocenters. The van der Waals surface area contributed by atoms with Gasteiger partial charge in [0.2, 0.25) is 5.91 Å². The van der Waals surface area contributed by atoms with Crippen molar-refractivity contribution in [1.82, 2.24) is 14.5 Å². The molecule has 2 aromatic rings. The van der Waals surface area contributed by atoms with Crippen LogP contribution in [0.25, 0.3) is 11.8 Å². The quantitative estimate of drug-likeness (QED) is 0.645. The summed E-state index contributed by atoms with van der Waals surface area (Å²) in [5, 5.41) is 12.1. The standard InChI is InChI=1S/C18H18F3N3O5S/c1-2-3-4-13-11-15(18(19,20)21)22-24(13)12-5-7-14(8-6-12)30(28,29)23-16(25)9-10-17(26)27/h3-8,11H,2,9-10H2,1H3,(H,23,25)(H,26,27)/b4-3+. The predicted octanol–water partition coefficient (Wildman–Crippen LogP) is 2.98. The zero-order valence-electron chi connectivity index (χ0n) is 15.7. The summed E-state index contributed by atoms with van der Waals surface area (Å²) in [6, 6.07) is 5.56. The molecule has 2 N–H and O–H groups in total. The number of aliphatic carboxylic acids is 1. The van der Waals surface area contributed by atoms with Crippen molar-refractivity contribution in [2.45, 2.75) is 37.3 Å². The highest BCUT2D eigenvalue weighted by Gasteiger charge is 2.34. The van der Waals surface area contributed by atoms with Crippen LogP contribution < -0.4 is 4.72 Å². The average molecular weight is 445 g/mol. The van der Waals surface area contributed by atoms with Crippen molar-refractivity contribution >= 4 is 28.0 Å². The summed E-state index contributed by atoms with van der Waals surface area (Å²) in [5.74, 6) is -2.24. The van der Waals surface area contributed by atoms with E-state index in [2.05, 4.69) is 5.10 Å². The number of carboxylic acid groups (broad SMARTS) is 1. The van der Waals surface area contributed by atoms with E-state index in [1.54, 1.807) is 10.8 Å². The first-order valence-corrected chi connectivity index (χ1v) is 10.1. The zero-order valence-corrected chi connectivity index (χ0v) is 16.5. The van der Waals surface area contributed by atoms with E-state index in [0.717, 1.165) is 22.9 Å². The average Bonchev–Trinajstić information content (AvgIpc) is 3.09. The third-order valence-corrected chi connectivity index (χ3v) is 5.15. The fourth-order valence-electron chi connectivity index (χ4n) is 2.34. The van der Waals surface area contributed by atoms with Gasteiger partial charge in [0.05, 0.1) is 22.7 Å². The van der Waals surface area contributed by atoms with Crippen molar-refractivity contribution in [2.24, 2.45) is 0 Å². The Hall–Kier alpha value is -3.15. The summed E-state index contributed by atoms with van der Waals surface area (Å²) in [4.78, 5) is 21.7. The van der Waals surface area contributed by atoms with Gasteiger partial charge in [-0.1, -0.05) is 13.0 Å². The number of allylic oxidation sites excluding steroid dienone is 1. The number of carboxylic acids is 1. The largest absolute Gasteiger partial charge is 0.481 e. The van der Waals surface area contributed by atoms with Gasteiger partial charge in [-0.05, 0) is 42.8 Å². The van der Waals surface area contributed by atoms with E-state index in [0.29, 0.717) is 6.42 Å². The molecule has 0 saturated heterocycles. The van der Waals surface area contributed by atoms with Gasteiger partial charge in [-0.3, -0.25) is 9.59 Å². The minimum atomic E-state index is -4.65. The normalized spacial score (nSPS) is 12.3. The number of nitrogens with one attached hydrogen (secondary N) is 1. The molecule has 0 fully saturated rings. The van der Waals surface area contributed by atoms with Crippen LogP contribution >= 0.6 is 0 Å². The zero-order chi connectivity index (χ0) is 22.5. The van der Waals surface area contributed by atoms with Gasteiger partial charge in [0, 0.05) is 6.42 Å². The third kappa shape index (κ3) is 5.92. The van der Waals surface area contributed by atoms with Crippen LogP contribution in [0.1, 0.15) is 37.6 Å². The highest BCUT2D eigenvalue weighted by molar-refractivity contribution is 7.90. The van der Waals surface area contributed by atoms with E-state index in [-0.39, 0.29) is 16.3 Å². The molecule has 0 saturated carbocycles. The molecule has 1 heterocycles. The number of aromatic nitrogens is 2. The number of halogens is 3. The van der Waals surface area contributed by atoms with E-state index in [9.17, 15) is 31.2 Å². The van der Waals surface area contributed by atoms with Gasteiger partial charge in [0.1, 0.15) is 0 Å². The number of amides is 1. The van der Waals surface area contributed by atoms with E-state index in [1.165, 1.54) is 18.2 Å². The van der Waals surface area contributed by atoms with Crippen LogP contribution in [0.5, 0.6) is 0 Å². The minimum Gasteiger partial charge on any atom is -0.481 e. The van der Waals surface area contributed by atoms with Gasteiger partial charge >= 0.3 is 12.1 Å². The molecule has 8 nitrogen and oxygen atoms in total. The highest BCUT2D eigenvalue weighted by Crippen LogP contribution is 2.30. The summed E-state index contributed by atoms with van der Waals surface area (Å²) < 4.78 is 66.2. The second-order valence-electron chi connectivity index (χ2n) is 6.09. The number of rotatable bonds is 8. The molecule has 1 aromatic heterocycles. The summed E-state index contributed by atoms with van der Waals surface area (Å²) in [5.41, 5.74) is -0.764. The number of benzene rings is 1. The second kappa shape index (κ2) is 9.11. The SMILES string of the molecule is CC/C=C/c1cc(C(F)(F)F)nn1-c1ccc(S(=O)(=O)NC(=O)CCC(=O)O)cc1. The maximum Gasteiger partial charge on any atom is 0.435 e. The fourth-order valence-corrected chi connectivity index (χ4v) is 3.36. The van der Waals surface area contributed by atoms with Crippen molar-refractivity contribution in [3.63, 3.8) is 0 Å². The van der Waals surface area contributed by atoms with Gasteiger partial charge in [-0.15, -0.1) is 0 Å². The Bertz CT molecular complexity index is 1060. The summed E-state index contributed by atoms with van der Waals surface area (Å²) in [7, 11) is -4.26. The molecule has 0 aliphatic carbocycles. The molecule has 0 radical (unpaired) electrons. The molecule has 12 heteroatoms.